The third-order valence-corrected chi connectivity index (χ3v) is 2.72. The molecule has 0 aliphatic carbocycles. The zero-order chi connectivity index (χ0) is 15.2. The fourth-order valence-corrected chi connectivity index (χ4v) is 1.82. The largest absolute Gasteiger partial charge is 0.484 e. The van der Waals surface area contributed by atoms with Crippen LogP contribution < -0.4 is 10.1 Å². The lowest BCUT2D eigenvalue weighted by Gasteiger charge is -2.08. The van der Waals surface area contributed by atoms with Gasteiger partial charge >= 0.3 is 0 Å². The van der Waals surface area contributed by atoms with E-state index >= 15 is 0 Å². The number of nitriles is 1. The topological polar surface area (TPSA) is 62.1 Å². The van der Waals surface area contributed by atoms with Crippen molar-refractivity contribution in [2.75, 3.05) is 11.9 Å². The summed E-state index contributed by atoms with van der Waals surface area (Å²) in [6.07, 6.45) is 0. The van der Waals surface area contributed by atoms with Crippen LogP contribution in [-0.4, -0.2) is 12.5 Å². The molecule has 2 aromatic rings. The molecule has 0 saturated heterocycles. The van der Waals surface area contributed by atoms with Crippen LogP contribution in [0.15, 0.2) is 42.5 Å². The van der Waals surface area contributed by atoms with Gasteiger partial charge in [-0.2, -0.15) is 5.26 Å². The van der Waals surface area contributed by atoms with Crippen LogP contribution in [-0.2, 0) is 4.79 Å². The molecular weight excluding hydrogens is 295 g/mol. The van der Waals surface area contributed by atoms with Gasteiger partial charge in [0.15, 0.2) is 6.61 Å². The SMILES string of the molecule is N#Cc1ccc(OCC(=O)Nc2cc(F)cc(Cl)c2)cc1. The van der Waals surface area contributed by atoms with Crippen LogP contribution in [0.4, 0.5) is 10.1 Å². The van der Waals surface area contributed by atoms with Gasteiger partial charge in [-0.3, -0.25) is 4.79 Å². The average Bonchev–Trinajstić information content (AvgIpc) is 2.44. The molecule has 2 aromatic carbocycles. The summed E-state index contributed by atoms with van der Waals surface area (Å²) < 4.78 is 18.4. The molecule has 0 atom stereocenters. The van der Waals surface area contributed by atoms with Crippen LogP contribution in [0, 0.1) is 17.1 Å². The standard InChI is InChI=1S/C15H10ClFN2O2/c16-11-5-12(17)7-13(6-11)19-15(20)9-21-14-3-1-10(8-18)2-4-14/h1-7H,9H2,(H,19,20). The molecule has 2 rings (SSSR count). The van der Waals surface area contributed by atoms with E-state index in [1.54, 1.807) is 24.3 Å². The second-order valence-electron chi connectivity index (χ2n) is 4.13. The summed E-state index contributed by atoms with van der Waals surface area (Å²) in [7, 11) is 0. The van der Waals surface area contributed by atoms with Crippen LogP contribution in [0.5, 0.6) is 5.75 Å². The molecule has 1 amide bonds. The number of carbonyl (C=O) groups excluding carboxylic acids is 1. The van der Waals surface area contributed by atoms with Crippen molar-refractivity contribution >= 4 is 23.2 Å². The van der Waals surface area contributed by atoms with Crippen LogP contribution in [0.2, 0.25) is 5.02 Å². The van der Waals surface area contributed by atoms with E-state index in [0.29, 0.717) is 11.3 Å². The Kier molecular flexibility index (Phi) is 4.75. The highest BCUT2D eigenvalue weighted by Crippen LogP contribution is 2.18. The molecular formula is C15H10ClFN2O2. The summed E-state index contributed by atoms with van der Waals surface area (Å²) in [5, 5.41) is 11.3. The van der Waals surface area contributed by atoms with Gasteiger partial charge in [-0.1, -0.05) is 11.6 Å². The monoisotopic (exact) mass is 304 g/mol. The molecule has 0 spiro atoms. The number of ether oxygens (including phenoxy) is 1. The first kappa shape index (κ1) is 14.8. The van der Waals surface area contributed by atoms with Crippen LogP contribution in [0.25, 0.3) is 0 Å². The van der Waals surface area contributed by atoms with Gasteiger partial charge in [0.05, 0.1) is 11.6 Å². The van der Waals surface area contributed by atoms with Crippen molar-refractivity contribution in [3.8, 4) is 11.8 Å². The van der Waals surface area contributed by atoms with Crippen molar-refractivity contribution < 1.29 is 13.9 Å². The highest BCUT2D eigenvalue weighted by atomic mass is 35.5. The van der Waals surface area contributed by atoms with Crippen molar-refractivity contribution in [1.29, 1.82) is 5.26 Å². The summed E-state index contributed by atoms with van der Waals surface area (Å²) in [5.74, 6) is -0.520. The lowest BCUT2D eigenvalue weighted by atomic mass is 10.2. The molecule has 0 aliphatic rings. The molecule has 0 aliphatic heterocycles. The number of nitrogens with one attached hydrogen (secondary N) is 1. The summed E-state index contributed by atoms with van der Waals surface area (Å²) in [4.78, 5) is 11.7. The number of amides is 1. The van der Waals surface area contributed by atoms with E-state index in [4.69, 9.17) is 21.6 Å². The Morgan fingerprint density at radius 2 is 2.00 bits per heavy atom. The maximum atomic E-state index is 13.1. The molecule has 0 heterocycles. The number of hydrogen-bond donors (Lipinski definition) is 1. The summed E-state index contributed by atoms with van der Waals surface area (Å²) in [5.41, 5.74) is 0.759. The zero-order valence-electron chi connectivity index (χ0n) is 10.8. The predicted molar refractivity (Wildman–Crippen MR) is 76.7 cm³/mol. The molecule has 4 nitrogen and oxygen atoms in total. The second kappa shape index (κ2) is 6.73. The van der Waals surface area contributed by atoms with Gasteiger partial charge in [-0.15, -0.1) is 0 Å². The minimum absolute atomic E-state index is 0.193. The molecule has 21 heavy (non-hydrogen) atoms. The normalized spacial score (nSPS) is 9.76. The Balaban J connectivity index is 1.91. The Morgan fingerprint density at radius 3 is 2.62 bits per heavy atom. The minimum atomic E-state index is -0.536. The number of rotatable bonds is 4. The van der Waals surface area contributed by atoms with E-state index < -0.39 is 11.7 Å². The Labute approximate surface area is 125 Å². The predicted octanol–water partition coefficient (Wildman–Crippen LogP) is 3.37. The summed E-state index contributed by atoms with van der Waals surface area (Å²) in [6, 6.07) is 12.1. The van der Waals surface area contributed by atoms with E-state index in [9.17, 15) is 9.18 Å². The molecule has 0 unspecified atom stereocenters. The molecule has 106 valence electrons. The first-order valence-electron chi connectivity index (χ1n) is 5.96. The highest BCUT2D eigenvalue weighted by molar-refractivity contribution is 6.30. The van der Waals surface area contributed by atoms with Crippen LogP contribution in [0.3, 0.4) is 0 Å². The molecule has 6 heteroatoms. The van der Waals surface area contributed by atoms with Crippen molar-refractivity contribution in [1.82, 2.24) is 0 Å². The lowest BCUT2D eigenvalue weighted by Crippen LogP contribution is -2.20. The number of nitrogens with zero attached hydrogens (tertiary/aromatic N) is 1. The smallest absolute Gasteiger partial charge is 0.262 e. The number of carbonyl (C=O) groups is 1. The average molecular weight is 305 g/mol. The first-order chi connectivity index (χ1) is 10.1. The van der Waals surface area contributed by atoms with Crippen LogP contribution in [0.1, 0.15) is 5.56 Å². The van der Waals surface area contributed by atoms with Gasteiger partial charge in [0.2, 0.25) is 0 Å². The van der Waals surface area contributed by atoms with Gasteiger partial charge in [-0.25, -0.2) is 4.39 Å². The fraction of sp³-hybridized carbons (Fsp3) is 0.0667. The quantitative estimate of drug-likeness (QED) is 0.942. The summed E-state index contributed by atoms with van der Waals surface area (Å²) in [6.45, 7) is -0.236. The number of halogens is 2. The fourth-order valence-electron chi connectivity index (χ4n) is 1.60. The second-order valence-corrected chi connectivity index (χ2v) is 4.57. The molecule has 0 aromatic heterocycles. The van der Waals surface area contributed by atoms with Crippen molar-refractivity contribution in [3.05, 3.63) is 58.9 Å². The third kappa shape index (κ3) is 4.48. The maximum Gasteiger partial charge on any atom is 0.262 e. The van der Waals surface area contributed by atoms with E-state index in [0.717, 1.165) is 12.1 Å². The van der Waals surface area contributed by atoms with Crippen LogP contribution >= 0.6 is 11.6 Å². The highest BCUT2D eigenvalue weighted by Gasteiger charge is 2.06. The molecule has 0 fully saturated rings. The Bertz CT molecular complexity index is 676. The number of anilines is 1. The minimum Gasteiger partial charge on any atom is -0.484 e. The first-order valence-corrected chi connectivity index (χ1v) is 6.33. The van der Waals surface area contributed by atoms with E-state index in [1.807, 2.05) is 6.07 Å². The summed E-state index contributed by atoms with van der Waals surface area (Å²) >= 11 is 5.69. The van der Waals surface area contributed by atoms with E-state index in [2.05, 4.69) is 5.32 Å². The van der Waals surface area contributed by atoms with Gasteiger partial charge in [-0.05, 0) is 42.5 Å². The molecule has 0 bridgehead atoms. The Hall–Kier alpha value is -2.58. The van der Waals surface area contributed by atoms with Gasteiger partial charge < -0.3 is 10.1 Å². The lowest BCUT2D eigenvalue weighted by molar-refractivity contribution is -0.118. The Morgan fingerprint density at radius 1 is 1.29 bits per heavy atom. The number of benzene rings is 2. The van der Waals surface area contributed by atoms with Gasteiger partial charge in [0.1, 0.15) is 11.6 Å². The van der Waals surface area contributed by atoms with Gasteiger partial charge in [0, 0.05) is 10.7 Å². The third-order valence-electron chi connectivity index (χ3n) is 2.50. The molecule has 0 radical (unpaired) electrons. The molecule has 0 saturated carbocycles. The van der Waals surface area contributed by atoms with Crippen molar-refractivity contribution in [2.24, 2.45) is 0 Å². The maximum absolute atomic E-state index is 13.1. The molecule has 1 N–H and O–H groups in total. The number of hydrogen-bond acceptors (Lipinski definition) is 3. The van der Waals surface area contributed by atoms with E-state index in [1.165, 1.54) is 6.07 Å². The van der Waals surface area contributed by atoms with E-state index in [-0.39, 0.29) is 17.3 Å². The van der Waals surface area contributed by atoms with Gasteiger partial charge in [0.25, 0.3) is 5.91 Å². The zero-order valence-corrected chi connectivity index (χ0v) is 11.5. The van der Waals surface area contributed by atoms with Crippen molar-refractivity contribution in [2.45, 2.75) is 0 Å². The van der Waals surface area contributed by atoms with Crippen molar-refractivity contribution in [3.63, 3.8) is 0 Å².